The van der Waals surface area contributed by atoms with Crippen LogP contribution >= 0.6 is 15.9 Å². The summed E-state index contributed by atoms with van der Waals surface area (Å²) in [5.41, 5.74) is 7.73. The fraction of sp³-hybridized carbons (Fsp3) is 0.231. The predicted octanol–water partition coefficient (Wildman–Crippen LogP) is 3.85. The normalized spacial score (nSPS) is 12.8. The zero-order valence-electron chi connectivity index (χ0n) is 9.63. The highest BCUT2D eigenvalue weighted by Gasteiger charge is 2.16. The summed E-state index contributed by atoms with van der Waals surface area (Å²) in [6.07, 6.45) is 0. The molecule has 0 aliphatic heterocycles. The van der Waals surface area contributed by atoms with Gasteiger partial charge in [0.05, 0.1) is 10.5 Å². The molecule has 0 amide bonds. The maximum absolute atomic E-state index is 13.4. The van der Waals surface area contributed by atoms with Crippen LogP contribution in [0.2, 0.25) is 0 Å². The summed E-state index contributed by atoms with van der Waals surface area (Å²) in [5, 5.41) is 0. The summed E-state index contributed by atoms with van der Waals surface area (Å²) < 4.78 is 19.3. The van der Waals surface area contributed by atoms with E-state index >= 15 is 0 Å². The number of aryl methyl sites for hydroxylation is 2. The Bertz CT molecular complexity index is 550. The third-order valence-electron chi connectivity index (χ3n) is 2.72. The largest absolute Gasteiger partial charge is 0.466 e. The van der Waals surface area contributed by atoms with E-state index in [-0.39, 0.29) is 11.9 Å². The Morgan fingerprint density at radius 1 is 1.29 bits per heavy atom. The highest BCUT2D eigenvalue weighted by molar-refractivity contribution is 9.10. The van der Waals surface area contributed by atoms with Gasteiger partial charge < -0.3 is 10.2 Å². The minimum atomic E-state index is -0.366. The van der Waals surface area contributed by atoms with Gasteiger partial charge in [-0.15, -0.1) is 0 Å². The molecule has 2 N–H and O–H groups in total. The van der Waals surface area contributed by atoms with Crippen LogP contribution in [0.4, 0.5) is 4.39 Å². The van der Waals surface area contributed by atoms with E-state index in [9.17, 15) is 4.39 Å². The van der Waals surface area contributed by atoms with Crippen molar-refractivity contribution in [3.63, 3.8) is 0 Å². The molecular weight excluding hydrogens is 285 g/mol. The van der Waals surface area contributed by atoms with Gasteiger partial charge in [0.1, 0.15) is 17.3 Å². The third-order valence-corrected chi connectivity index (χ3v) is 3.36. The van der Waals surface area contributed by atoms with Crippen LogP contribution in [0.1, 0.15) is 28.7 Å². The first-order valence-electron chi connectivity index (χ1n) is 5.26. The van der Waals surface area contributed by atoms with Crippen LogP contribution in [-0.2, 0) is 0 Å². The summed E-state index contributed by atoms with van der Waals surface area (Å²) >= 11 is 3.12. The number of rotatable bonds is 2. The Morgan fingerprint density at radius 3 is 2.53 bits per heavy atom. The third kappa shape index (κ3) is 2.42. The van der Waals surface area contributed by atoms with Crippen molar-refractivity contribution >= 4 is 15.9 Å². The number of furan rings is 1. The van der Waals surface area contributed by atoms with E-state index in [4.69, 9.17) is 10.2 Å². The second-order valence-corrected chi connectivity index (χ2v) is 4.87. The van der Waals surface area contributed by atoms with Gasteiger partial charge in [0.2, 0.25) is 0 Å². The van der Waals surface area contributed by atoms with Crippen molar-refractivity contribution in [1.82, 2.24) is 0 Å². The molecule has 1 heterocycles. The summed E-state index contributed by atoms with van der Waals surface area (Å²) in [6, 6.07) is 6.43. The zero-order valence-corrected chi connectivity index (χ0v) is 11.2. The predicted molar refractivity (Wildman–Crippen MR) is 68.3 cm³/mol. The SMILES string of the molecule is Cc1cc(C(N)c2ccc(Br)c(F)c2)c(C)o1. The molecule has 4 heteroatoms. The molecule has 2 nitrogen and oxygen atoms in total. The van der Waals surface area contributed by atoms with E-state index in [0.29, 0.717) is 4.47 Å². The number of hydrogen-bond acceptors (Lipinski definition) is 2. The van der Waals surface area contributed by atoms with Gasteiger partial charge in [-0.25, -0.2) is 4.39 Å². The first-order chi connectivity index (χ1) is 7.99. The van der Waals surface area contributed by atoms with Gasteiger partial charge in [0.25, 0.3) is 0 Å². The Balaban J connectivity index is 2.40. The van der Waals surface area contributed by atoms with Gasteiger partial charge in [-0.1, -0.05) is 6.07 Å². The molecule has 1 aromatic heterocycles. The maximum atomic E-state index is 13.4. The van der Waals surface area contributed by atoms with Crippen LogP contribution in [0, 0.1) is 19.7 Å². The van der Waals surface area contributed by atoms with Crippen LogP contribution in [0.25, 0.3) is 0 Å². The van der Waals surface area contributed by atoms with Gasteiger partial charge in [0, 0.05) is 5.56 Å². The van der Waals surface area contributed by atoms with E-state index in [1.165, 1.54) is 6.07 Å². The fourth-order valence-corrected chi connectivity index (χ4v) is 2.09. The van der Waals surface area contributed by atoms with Gasteiger partial charge in [-0.2, -0.15) is 0 Å². The zero-order chi connectivity index (χ0) is 12.6. The lowest BCUT2D eigenvalue weighted by Crippen LogP contribution is -2.12. The Morgan fingerprint density at radius 2 is 2.00 bits per heavy atom. The average molecular weight is 298 g/mol. The minimum absolute atomic E-state index is 0.309. The van der Waals surface area contributed by atoms with E-state index < -0.39 is 0 Å². The maximum Gasteiger partial charge on any atom is 0.137 e. The second-order valence-electron chi connectivity index (χ2n) is 4.02. The number of nitrogens with two attached hydrogens (primary N) is 1. The monoisotopic (exact) mass is 297 g/mol. The standard InChI is InChI=1S/C13H13BrFNO/c1-7-5-10(8(2)17-7)13(16)9-3-4-11(14)12(15)6-9/h3-6,13H,16H2,1-2H3. The Hall–Kier alpha value is -1.13. The van der Waals surface area contributed by atoms with Crippen LogP contribution < -0.4 is 5.73 Å². The highest BCUT2D eigenvalue weighted by Crippen LogP contribution is 2.27. The van der Waals surface area contributed by atoms with Crippen molar-refractivity contribution in [2.24, 2.45) is 5.73 Å². The van der Waals surface area contributed by atoms with E-state index in [0.717, 1.165) is 22.6 Å². The molecule has 0 bridgehead atoms. The fourth-order valence-electron chi connectivity index (χ4n) is 1.84. The van der Waals surface area contributed by atoms with E-state index in [1.807, 2.05) is 19.9 Å². The molecule has 0 saturated carbocycles. The number of benzene rings is 1. The first-order valence-corrected chi connectivity index (χ1v) is 6.06. The van der Waals surface area contributed by atoms with Gasteiger partial charge in [-0.3, -0.25) is 0 Å². The molecule has 0 radical (unpaired) electrons. The van der Waals surface area contributed by atoms with Gasteiger partial charge >= 0.3 is 0 Å². The summed E-state index contributed by atoms with van der Waals surface area (Å²) in [5.74, 6) is 1.28. The average Bonchev–Trinajstić information content (AvgIpc) is 2.61. The molecule has 1 atom stereocenters. The molecule has 17 heavy (non-hydrogen) atoms. The Labute approximate surface area is 108 Å². The molecule has 2 aromatic rings. The van der Waals surface area contributed by atoms with Gasteiger partial charge in [-0.05, 0) is 53.5 Å². The van der Waals surface area contributed by atoms with Crippen LogP contribution in [0.3, 0.4) is 0 Å². The molecule has 1 unspecified atom stereocenters. The number of hydrogen-bond donors (Lipinski definition) is 1. The Kier molecular flexibility index (Phi) is 3.35. The van der Waals surface area contributed by atoms with Crippen LogP contribution in [-0.4, -0.2) is 0 Å². The van der Waals surface area contributed by atoms with E-state index in [1.54, 1.807) is 12.1 Å². The van der Waals surface area contributed by atoms with Crippen molar-refractivity contribution in [2.45, 2.75) is 19.9 Å². The lowest BCUT2D eigenvalue weighted by Gasteiger charge is -2.11. The van der Waals surface area contributed by atoms with Crippen molar-refractivity contribution in [3.05, 3.63) is 57.2 Å². The molecule has 1 aromatic carbocycles. The summed E-state index contributed by atoms with van der Waals surface area (Å²) in [6.45, 7) is 3.72. The van der Waals surface area contributed by atoms with Crippen molar-refractivity contribution in [1.29, 1.82) is 0 Å². The molecule has 0 aliphatic carbocycles. The molecular formula is C13H13BrFNO. The van der Waals surface area contributed by atoms with Crippen molar-refractivity contribution < 1.29 is 8.81 Å². The molecule has 2 rings (SSSR count). The van der Waals surface area contributed by atoms with Crippen molar-refractivity contribution in [3.8, 4) is 0 Å². The highest BCUT2D eigenvalue weighted by atomic mass is 79.9. The first kappa shape index (κ1) is 12.3. The number of halogens is 2. The molecule has 0 saturated heterocycles. The van der Waals surface area contributed by atoms with Crippen LogP contribution in [0.5, 0.6) is 0 Å². The molecule has 0 spiro atoms. The minimum Gasteiger partial charge on any atom is -0.466 e. The molecule has 0 fully saturated rings. The summed E-state index contributed by atoms with van der Waals surface area (Å²) in [4.78, 5) is 0. The van der Waals surface area contributed by atoms with Crippen LogP contribution in [0.15, 0.2) is 33.2 Å². The quantitative estimate of drug-likeness (QED) is 0.914. The second kappa shape index (κ2) is 4.63. The smallest absolute Gasteiger partial charge is 0.137 e. The summed E-state index contributed by atoms with van der Waals surface area (Å²) in [7, 11) is 0. The molecule has 90 valence electrons. The van der Waals surface area contributed by atoms with E-state index in [2.05, 4.69) is 15.9 Å². The topological polar surface area (TPSA) is 39.2 Å². The molecule has 0 aliphatic rings. The lowest BCUT2D eigenvalue weighted by molar-refractivity contribution is 0.499. The van der Waals surface area contributed by atoms with Crippen molar-refractivity contribution in [2.75, 3.05) is 0 Å². The van der Waals surface area contributed by atoms with Gasteiger partial charge in [0.15, 0.2) is 0 Å². The lowest BCUT2D eigenvalue weighted by atomic mass is 10.00.